The van der Waals surface area contributed by atoms with Crippen LogP contribution in [0.2, 0.25) is 0 Å². The van der Waals surface area contributed by atoms with Crippen molar-refractivity contribution in [3.05, 3.63) is 0 Å². The zero-order valence-electron chi connectivity index (χ0n) is 4.21. The Morgan fingerprint density at radius 2 is 1.10 bits per heavy atom. The molecule has 10 heteroatoms. The fourth-order valence-corrected chi connectivity index (χ4v) is 1.25. The second-order valence-corrected chi connectivity index (χ2v) is 3.68. The molecule has 0 spiro atoms. The van der Waals surface area contributed by atoms with Crippen LogP contribution in [-0.2, 0) is 13.4 Å². The molecule has 4 N–H and O–H groups in total. The molecule has 0 aliphatic rings. The van der Waals surface area contributed by atoms with Crippen molar-refractivity contribution in [1.29, 1.82) is 0 Å². The van der Waals surface area contributed by atoms with Crippen molar-refractivity contribution in [1.82, 2.24) is 0 Å². The quantitative estimate of drug-likeness (QED) is 0.382. The summed E-state index contributed by atoms with van der Waals surface area (Å²) in [6.07, 6.45) is 0. The number of hydrogen-bond donors (Lipinski definition) is 4. The molecule has 1 radical (unpaired) electrons. The number of phosphoric acid groups is 2. The third-order valence-electron chi connectivity index (χ3n) is 0.213. The van der Waals surface area contributed by atoms with Crippen molar-refractivity contribution >= 4 is 15.6 Å². The Bertz CT molecular complexity index is 152. The van der Waals surface area contributed by atoms with Crippen LogP contribution < -0.4 is 0 Å². The summed E-state index contributed by atoms with van der Waals surface area (Å²) >= 11 is 0. The molecule has 0 bridgehead atoms. The number of hydrogen-bond acceptors (Lipinski definition) is 3. The van der Waals surface area contributed by atoms with Crippen LogP contribution >= 0.6 is 15.6 Å². The van der Waals surface area contributed by atoms with Gasteiger partial charge in [0.15, 0.2) is 0 Å². The van der Waals surface area contributed by atoms with E-state index in [2.05, 4.69) is 4.31 Å². The zero-order chi connectivity index (χ0) is 7.71. The molecule has 0 aliphatic heterocycles. The first kappa shape index (κ1) is 14.1. The second kappa shape index (κ2) is 4.52. The van der Waals surface area contributed by atoms with E-state index in [9.17, 15) is 9.13 Å². The Kier molecular flexibility index (Phi) is 6.36. The third-order valence-corrected chi connectivity index (χ3v) is 1.91. The van der Waals surface area contributed by atoms with Gasteiger partial charge < -0.3 is 19.6 Å². The molecule has 0 atom stereocenters. The smallest absolute Gasteiger partial charge is 0.302 e. The maximum absolute atomic E-state index is 9.63. The monoisotopic (exact) mass is 343 g/mol. The molecule has 7 nitrogen and oxygen atoms in total. The summed E-state index contributed by atoms with van der Waals surface area (Å²) in [4.78, 5) is 31.0. The normalized spacial score (nSPS) is 12.4. The molecule has 0 saturated heterocycles. The van der Waals surface area contributed by atoms with Crippen LogP contribution in [0.3, 0.4) is 0 Å². The van der Waals surface area contributed by atoms with Gasteiger partial charge in [-0.05, 0) is 0 Å². The first-order chi connectivity index (χ1) is 3.71. The summed E-state index contributed by atoms with van der Waals surface area (Å²) in [5, 5.41) is 0. The van der Waals surface area contributed by atoms with E-state index in [4.69, 9.17) is 19.6 Å². The van der Waals surface area contributed by atoms with Crippen LogP contribution in [0.15, 0.2) is 0 Å². The fraction of sp³-hybridized carbons (Fsp3) is 0. The molecule has 0 unspecified atom stereocenters. The van der Waals surface area contributed by atoms with E-state index >= 15 is 0 Å². The summed E-state index contributed by atoms with van der Waals surface area (Å²) in [6.45, 7) is 0. The minimum absolute atomic E-state index is 0. The first-order valence-corrected chi connectivity index (χ1v) is 4.59. The van der Waals surface area contributed by atoms with Crippen molar-refractivity contribution < 1.29 is 70.8 Å². The molecule has 0 heterocycles. The van der Waals surface area contributed by atoms with E-state index < -0.39 is 15.6 Å². The molecule has 0 saturated carbocycles. The Balaban J connectivity index is 0. The standard InChI is InChI=1S/Ho.H4O7P2/c;1-8(2,3)7-9(4,5)6/h;(H2,1,2,3)(H2,4,5,6). The van der Waals surface area contributed by atoms with Crippen LogP contribution in [0.4, 0.5) is 0 Å². The Morgan fingerprint density at radius 3 is 1.10 bits per heavy atom. The van der Waals surface area contributed by atoms with Gasteiger partial charge in [0.25, 0.3) is 0 Å². The largest absolute Gasteiger partial charge is 0.478 e. The van der Waals surface area contributed by atoms with E-state index in [0.717, 1.165) is 0 Å². The predicted molar refractivity (Wildman–Crippen MR) is 25.2 cm³/mol. The van der Waals surface area contributed by atoms with Crippen LogP contribution in [0.25, 0.3) is 0 Å². The molecule has 0 amide bonds. The van der Waals surface area contributed by atoms with Gasteiger partial charge in [-0.1, -0.05) is 0 Å². The minimum Gasteiger partial charge on any atom is -0.302 e. The van der Waals surface area contributed by atoms with Gasteiger partial charge in [-0.2, -0.15) is 4.31 Å². The van der Waals surface area contributed by atoms with E-state index in [1.807, 2.05) is 0 Å². The molecule has 0 aromatic rings. The maximum atomic E-state index is 9.63. The number of rotatable bonds is 2. The SMILES string of the molecule is O=P(O)(O)OP(=O)(O)O.[Ho]. The molecule has 67 valence electrons. The molecule has 0 aromatic heterocycles. The van der Waals surface area contributed by atoms with Crippen molar-refractivity contribution in [2.24, 2.45) is 0 Å². The summed E-state index contributed by atoms with van der Waals surface area (Å²) in [6, 6.07) is 0. The molecular weight excluding hydrogens is 339 g/mol. The van der Waals surface area contributed by atoms with E-state index in [0.29, 0.717) is 0 Å². The van der Waals surface area contributed by atoms with Crippen molar-refractivity contribution in [3.8, 4) is 0 Å². The van der Waals surface area contributed by atoms with Crippen LogP contribution in [0.5, 0.6) is 0 Å². The van der Waals surface area contributed by atoms with E-state index in [1.165, 1.54) is 0 Å². The summed E-state index contributed by atoms with van der Waals surface area (Å²) in [5.74, 6) is 0. The molecular formula is H4HoO7P2. The molecule has 0 aliphatic carbocycles. The Morgan fingerprint density at radius 1 is 0.900 bits per heavy atom. The van der Waals surface area contributed by atoms with Gasteiger partial charge >= 0.3 is 15.6 Å². The topological polar surface area (TPSA) is 124 Å². The van der Waals surface area contributed by atoms with Crippen molar-refractivity contribution in [2.75, 3.05) is 0 Å². The van der Waals surface area contributed by atoms with E-state index in [1.54, 1.807) is 0 Å². The summed E-state index contributed by atoms with van der Waals surface area (Å²) in [7, 11) is -10.1. The Hall–Kier alpha value is 1.52. The maximum Gasteiger partial charge on any atom is 0.478 e. The van der Waals surface area contributed by atoms with Crippen LogP contribution in [0, 0.1) is 37.7 Å². The predicted octanol–water partition coefficient (Wildman–Crippen LogP) is -0.812. The van der Waals surface area contributed by atoms with E-state index in [-0.39, 0.29) is 37.7 Å². The van der Waals surface area contributed by atoms with Gasteiger partial charge in [-0.15, -0.1) is 0 Å². The van der Waals surface area contributed by atoms with Crippen molar-refractivity contribution in [3.63, 3.8) is 0 Å². The molecule has 0 aromatic carbocycles. The second-order valence-electron chi connectivity index (χ2n) is 1.06. The zero-order valence-corrected chi connectivity index (χ0v) is 7.93. The molecule has 0 rings (SSSR count). The third kappa shape index (κ3) is 12.2. The van der Waals surface area contributed by atoms with Crippen LogP contribution in [-0.4, -0.2) is 19.6 Å². The van der Waals surface area contributed by atoms with Gasteiger partial charge in [0, 0.05) is 37.7 Å². The van der Waals surface area contributed by atoms with Gasteiger partial charge in [-0.3, -0.25) is 0 Å². The Labute approximate surface area is 85.9 Å². The minimum atomic E-state index is -5.05. The fourth-order valence-electron chi connectivity index (χ4n) is 0.139. The van der Waals surface area contributed by atoms with Gasteiger partial charge in [0.2, 0.25) is 0 Å². The summed E-state index contributed by atoms with van der Waals surface area (Å²) < 4.78 is 22.2. The van der Waals surface area contributed by atoms with Crippen molar-refractivity contribution in [2.45, 2.75) is 0 Å². The summed E-state index contributed by atoms with van der Waals surface area (Å²) in [5.41, 5.74) is 0. The van der Waals surface area contributed by atoms with Gasteiger partial charge in [0.1, 0.15) is 0 Å². The van der Waals surface area contributed by atoms with Crippen LogP contribution in [0.1, 0.15) is 0 Å². The average Bonchev–Trinajstić information content (AvgIpc) is 1.14. The average molecular weight is 343 g/mol. The van der Waals surface area contributed by atoms with Gasteiger partial charge in [-0.25, -0.2) is 9.13 Å². The molecule has 0 fully saturated rings. The molecule has 10 heavy (non-hydrogen) atoms. The first-order valence-electron chi connectivity index (χ1n) is 1.53. The van der Waals surface area contributed by atoms with Gasteiger partial charge in [0.05, 0.1) is 0 Å².